The molecular formula is C16H22BrClO. The van der Waals surface area contributed by atoms with E-state index >= 15 is 0 Å². The molecule has 0 saturated carbocycles. The van der Waals surface area contributed by atoms with Gasteiger partial charge in [0.05, 0.1) is 12.0 Å². The Kier molecular flexibility index (Phi) is 5.58. The van der Waals surface area contributed by atoms with Crippen LogP contribution >= 0.6 is 27.5 Å². The first-order chi connectivity index (χ1) is 9.17. The van der Waals surface area contributed by atoms with E-state index in [2.05, 4.69) is 41.9 Å². The van der Waals surface area contributed by atoms with E-state index in [4.69, 9.17) is 16.3 Å². The van der Waals surface area contributed by atoms with E-state index in [0.717, 1.165) is 23.2 Å². The molecule has 0 radical (unpaired) electrons. The lowest BCUT2D eigenvalue weighted by Gasteiger charge is -2.23. The third kappa shape index (κ3) is 3.46. The maximum Gasteiger partial charge on any atom is 0.127 e. The highest BCUT2D eigenvalue weighted by Gasteiger charge is 2.27. The Morgan fingerprint density at radius 1 is 1.26 bits per heavy atom. The van der Waals surface area contributed by atoms with Crippen LogP contribution in [0.15, 0.2) is 16.6 Å². The monoisotopic (exact) mass is 344 g/mol. The second-order valence-corrected chi connectivity index (χ2v) is 6.71. The highest BCUT2D eigenvalue weighted by molar-refractivity contribution is 9.10. The summed E-state index contributed by atoms with van der Waals surface area (Å²) in [6.45, 7) is 5.25. The molecule has 0 N–H and O–H groups in total. The van der Waals surface area contributed by atoms with E-state index in [1.807, 2.05) is 0 Å². The zero-order valence-electron chi connectivity index (χ0n) is 11.7. The highest BCUT2D eigenvalue weighted by atomic mass is 79.9. The van der Waals surface area contributed by atoms with Crippen molar-refractivity contribution in [3.8, 4) is 5.75 Å². The molecule has 0 aliphatic carbocycles. The summed E-state index contributed by atoms with van der Waals surface area (Å²) < 4.78 is 6.92. The molecule has 1 aromatic rings. The first-order valence-electron chi connectivity index (χ1n) is 7.26. The number of hydrogen-bond donors (Lipinski definition) is 0. The number of ether oxygens (including phenoxy) is 1. The quantitative estimate of drug-likeness (QED) is 0.585. The van der Waals surface area contributed by atoms with Gasteiger partial charge in [-0.1, -0.05) is 42.6 Å². The Bertz CT molecular complexity index is 427. The maximum absolute atomic E-state index is 6.78. The molecule has 0 aromatic heterocycles. The normalized spacial score (nSPS) is 15.4. The summed E-state index contributed by atoms with van der Waals surface area (Å²) in [6.07, 6.45) is 5.74. The Morgan fingerprint density at radius 2 is 1.95 bits per heavy atom. The molecule has 1 nitrogen and oxygen atoms in total. The molecule has 1 aliphatic heterocycles. The molecule has 0 amide bonds. The molecule has 2 rings (SSSR count). The summed E-state index contributed by atoms with van der Waals surface area (Å²) in [5.74, 6) is 1.58. The van der Waals surface area contributed by atoms with Gasteiger partial charge in [0.2, 0.25) is 0 Å². The van der Waals surface area contributed by atoms with Gasteiger partial charge in [-0.15, -0.1) is 11.6 Å². The number of rotatable bonds is 6. The van der Waals surface area contributed by atoms with Crippen LogP contribution in [0.2, 0.25) is 0 Å². The van der Waals surface area contributed by atoms with Crippen LogP contribution in [0, 0.1) is 5.92 Å². The van der Waals surface area contributed by atoms with Gasteiger partial charge < -0.3 is 4.74 Å². The van der Waals surface area contributed by atoms with Crippen LogP contribution in [0.3, 0.4) is 0 Å². The van der Waals surface area contributed by atoms with Crippen LogP contribution < -0.4 is 4.74 Å². The lowest BCUT2D eigenvalue weighted by atomic mass is 9.89. The lowest BCUT2D eigenvalue weighted by molar-refractivity contribution is 0.346. The molecule has 19 heavy (non-hydrogen) atoms. The van der Waals surface area contributed by atoms with Crippen molar-refractivity contribution in [2.45, 2.75) is 51.3 Å². The van der Waals surface area contributed by atoms with Crippen LogP contribution in [0.1, 0.15) is 56.0 Å². The van der Waals surface area contributed by atoms with Gasteiger partial charge in [0, 0.05) is 16.5 Å². The molecule has 0 saturated heterocycles. The van der Waals surface area contributed by atoms with Crippen molar-refractivity contribution >= 4 is 27.5 Å². The summed E-state index contributed by atoms with van der Waals surface area (Å²) in [4.78, 5) is 0. The molecule has 1 unspecified atom stereocenters. The number of alkyl halides is 1. The average molecular weight is 346 g/mol. The van der Waals surface area contributed by atoms with Gasteiger partial charge in [-0.05, 0) is 36.5 Å². The van der Waals surface area contributed by atoms with Crippen molar-refractivity contribution in [2.24, 2.45) is 5.92 Å². The minimum absolute atomic E-state index is 0.0595. The fraction of sp³-hybridized carbons (Fsp3) is 0.625. The van der Waals surface area contributed by atoms with Crippen LogP contribution in [-0.4, -0.2) is 6.61 Å². The fourth-order valence-corrected chi connectivity index (χ4v) is 3.87. The van der Waals surface area contributed by atoms with E-state index < -0.39 is 0 Å². The molecule has 0 bridgehead atoms. The van der Waals surface area contributed by atoms with Crippen molar-refractivity contribution in [1.82, 2.24) is 0 Å². The first kappa shape index (κ1) is 15.2. The van der Waals surface area contributed by atoms with Crippen molar-refractivity contribution in [3.05, 3.63) is 27.7 Å². The summed E-state index contributed by atoms with van der Waals surface area (Å²) in [5, 5.41) is 0.0595. The number of hydrogen-bond acceptors (Lipinski definition) is 1. The van der Waals surface area contributed by atoms with Crippen molar-refractivity contribution < 1.29 is 4.74 Å². The average Bonchev–Trinajstić information content (AvgIpc) is 2.84. The first-order valence-corrected chi connectivity index (χ1v) is 8.49. The SMILES string of the molecule is CCCC(CCC)C(Cl)c1cc(Br)cc2c1OCC2. The number of halogens is 2. The third-order valence-corrected chi connectivity index (χ3v) is 4.86. The van der Waals surface area contributed by atoms with Crippen LogP contribution in [0.5, 0.6) is 5.75 Å². The zero-order valence-corrected chi connectivity index (χ0v) is 14.1. The summed E-state index contributed by atoms with van der Waals surface area (Å²) in [5.41, 5.74) is 2.47. The van der Waals surface area contributed by atoms with Gasteiger partial charge in [-0.25, -0.2) is 0 Å². The molecule has 1 atom stereocenters. The highest BCUT2D eigenvalue weighted by Crippen LogP contribution is 2.44. The Balaban J connectivity index is 2.29. The molecule has 1 heterocycles. The lowest BCUT2D eigenvalue weighted by Crippen LogP contribution is -2.09. The third-order valence-electron chi connectivity index (χ3n) is 3.81. The van der Waals surface area contributed by atoms with E-state index in [-0.39, 0.29) is 5.38 Å². The standard InChI is InChI=1S/C16H22BrClO/c1-3-5-11(6-4-2)15(18)14-10-13(17)9-12-7-8-19-16(12)14/h9-11,15H,3-8H2,1-2H3. The number of benzene rings is 1. The van der Waals surface area contributed by atoms with Gasteiger partial charge in [0.15, 0.2) is 0 Å². The van der Waals surface area contributed by atoms with E-state index in [1.165, 1.54) is 36.8 Å². The second kappa shape index (κ2) is 6.99. The predicted molar refractivity (Wildman–Crippen MR) is 85.2 cm³/mol. The molecule has 1 aromatic carbocycles. The molecular weight excluding hydrogens is 324 g/mol. The van der Waals surface area contributed by atoms with E-state index in [1.54, 1.807) is 0 Å². The van der Waals surface area contributed by atoms with Gasteiger partial charge in [-0.3, -0.25) is 0 Å². The smallest absolute Gasteiger partial charge is 0.127 e. The Hall–Kier alpha value is -0.210. The maximum atomic E-state index is 6.78. The van der Waals surface area contributed by atoms with Crippen molar-refractivity contribution in [2.75, 3.05) is 6.61 Å². The minimum atomic E-state index is 0.0595. The largest absolute Gasteiger partial charge is 0.493 e. The summed E-state index contributed by atoms with van der Waals surface area (Å²) >= 11 is 10.4. The van der Waals surface area contributed by atoms with Gasteiger partial charge >= 0.3 is 0 Å². The van der Waals surface area contributed by atoms with Crippen LogP contribution in [0.25, 0.3) is 0 Å². The Labute approximate surface area is 129 Å². The molecule has 0 spiro atoms. The van der Waals surface area contributed by atoms with E-state index in [0.29, 0.717) is 5.92 Å². The summed E-state index contributed by atoms with van der Waals surface area (Å²) in [7, 11) is 0. The van der Waals surface area contributed by atoms with Crippen LogP contribution in [0.4, 0.5) is 0 Å². The van der Waals surface area contributed by atoms with E-state index in [9.17, 15) is 0 Å². The topological polar surface area (TPSA) is 9.23 Å². The van der Waals surface area contributed by atoms with Crippen LogP contribution in [-0.2, 0) is 6.42 Å². The predicted octanol–water partition coefficient (Wildman–Crippen LogP) is 5.88. The molecule has 3 heteroatoms. The molecule has 106 valence electrons. The molecule has 1 aliphatic rings. The van der Waals surface area contributed by atoms with Gasteiger partial charge in [-0.2, -0.15) is 0 Å². The van der Waals surface area contributed by atoms with Crippen molar-refractivity contribution in [3.63, 3.8) is 0 Å². The fourth-order valence-electron chi connectivity index (χ4n) is 2.94. The zero-order chi connectivity index (χ0) is 13.8. The van der Waals surface area contributed by atoms with Gasteiger partial charge in [0.1, 0.15) is 5.75 Å². The molecule has 0 fully saturated rings. The summed E-state index contributed by atoms with van der Waals surface area (Å²) in [6, 6.07) is 4.30. The van der Waals surface area contributed by atoms with Gasteiger partial charge in [0.25, 0.3) is 0 Å². The number of fused-ring (bicyclic) bond motifs is 1. The van der Waals surface area contributed by atoms with Crippen molar-refractivity contribution in [1.29, 1.82) is 0 Å². The minimum Gasteiger partial charge on any atom is -0.493 e. The second-order valence-electron chi connectivity index (χ2n) is 5.32. The Morgan fingerprint density at radius 3 is 2.58 bits per heavy atom.